The van der Waals surface area contributed by atoms with Crippen molar-refractivity contribution in [2.75, 3.05) is 17.6 Å². The van der Waals surface area contributed by atoms with E-state index >= 15 is 0 Å². The van der Waals surface area contributed by atoms with Crippen molar-refractivity contribution in [3.05, 3.63) is 65.5 Å². The Morgan fingerprint density at radius 3 is 2.44 bits per heavy atom. The Labute approximate surface area is 157 Å². The van der Waals surface area contributed by atoms with Gasteiger partial charge in [0.1, 0.15) is 5.82 Å². The molecule has 0 radical (unpaired) electrons. The molecule has 0 atom stereocenters. The van der Waals surface area contributed by atoms with Crippen LogP contribution in [0.15, 0.2) is 48.5 Å². The molecule has 0 fully saturated rings. The summed E-state index contributed by atoms with van der Waals surface area (Å²) in [4.78, 5) is 0. The first-order valence-electron chi connectivity index (χ1n) is 8.00. The normalized spacial score (nSPS) is 10.1. The molecule has 130 valence electrons. The highest BCUT2D eigenvalue weighted by Crippen LogP contribution is 2.13. The number of thioether (sulfide) groups is 1. The first kappa shape index (κ1) is 19.2. The van der Waals surface area contributed by atoms with Crippen LogP contribution in [0.3, 0.4) is 0 Å². The molecule has 0 spiro atoms. The average Bonchev–Trinajstić information content (AvgIpc) is 2.61. The van der Waals surface area contributed by atoms with Crippen LogP contribution in [-0.4, -0.2) is 17.4 Å². The van der Waals surface area contributed by atoms with E-state index in [1.54, 1.807) is 0 Å². The van der Waals surface area contributed by atoms with E-state index in [0.717, 1.165) is 41.3 Å². The number of rotatable bonds is 8. The molecule has 0 saturated carbocycles. The van der Waals surface area contributed by atoms with Gasteiger partial charge in [-0.2, -0.15) is 17.0 Å². The zero-order chi connectivity index (χ0) is 17.9. The maximum Gasteiger partial charge on any atom is 0.170 e. The van der Waals surface area contributed by atoms with E-state index in [1.165, 1.54) is 12.1 Å². The summed E-state index contributed by atoms with van der Waals surface area (Å²) in [5.74, 6) is 1.70. The van der Waals surface area contributed by atoms with Gasteiger partial charge in [0.2, 0.25) is 0 Å². The van der Waals surface area contributed by atoms with Crippen molar-refractivity contribution in [2.24, 2.45) is 0 Å². The van der Waals surface area contributed by atoms with Gasteiger partial charge in [0.05, 0.1) is 12.5 Å². The van der Waals surface area contributed by atoms with E-state index in [-0.39, 0.29) is 5.82 Å². The van der Waals surface area contributed by atoms with Crippen molar-refractivity contribution in [3.8, 4) is 6.07 Å². The van der Waals surface area contributed by atoms with E-state index in [9.17, 15) is 4.39 Å². The van der Waals surface area contributed by atoms with E-state index in [4.69, 9.17) is 17.5 Å². The largest absolute Gasteiger partial charge is 0.362 e. The van der Waals surface area contributed by atoms with Gasteiger partial charge in [-0.15, -0.1) is 0 Å². The van der Waals surface area contributed by atoms with Gasteiger partial charge in [-0.05, 0) is 59.8 Å². The fraction of sp³-hybridized carbons (Fsp3) is 0.263. The summed E-state index contributed by atoms with van der Waals surface area (Å²) in [6.45, 7) is 0.800. The Bertz CT molecular complexity index is 709. The quantitative estimate of drug-likeness (QED) is 0.527. The van der Waals surface area contributed by atoms with E-state index in [0.29, 0.717) is 11.5 Å². The molecule has 2 aromatic carbocycles. The maximum atomic E-state index is 12.8. The number of halogens is 1. The molecule has 2 rings (SSSR count). The molecule has 3 nitrogen and oxygen atoms in total. The Morgan fingerprint density at radius 1 is 1.08 bits per heavy atom. The molecule has 2 N–H and O–H groups in total. The van der Waals surface area contributed by atoms with Crippen molar-refractivity contribution in [1.82, 2.24) is 5.32 Å². The third-order valence-electron chi connectivity index (χ3n) is 3.43. The molecule has 0 aliphatic heterocycles. The lowest BCUT2D eigenvalue weighted by atomic mass is 10.1. The van der Waals surface area contributed by atoms with Crippen LogP contribution in [0.2, 0.25) is 0 Å². The summed E-state index contributed by atoms with van der Waals surface area (Å²) in [5.41, 5.74) is 3.03. The highest BCUT2D eigenvalue weighted by molar-refractivity contribution is 7.98. The number of nitrogens with one attached hydrogen (secondary N) is 2. The van der Waals surface area contributed by atoms with Crippen LogP contribution in [0, 0.1) is 17.1 Å². The topological polar surface area (TPSA) is 47.9 Å². The molecule has 0 unspecified atom stereocenters. The summed E-state index contributed by atoms with van der Waals surface area (Å²) in [6, 6.07) is 16.4. The standard InChI is InChI=1S/C19H20FN3S2/c20-17-6-2-16(3-7-17)14-25-13-1-12-22-19(24)23-18-8-4-15(5-9-18)10-11-21/h2-9H,1,10,12-14H2,(H2,22,23,24). The van der Waals surface area contributed by atoms with Gasteiger partial charge in [-0.3, -0.25) is 0 Å². The van der Waals surface area contributed by atoms with E-state index in [1.807, 2.05) is 48.2 Å². The zero-order valence-electron chi connectivity index (χ0n) is 13.8. The Hall–Kier alpha value is -2.10. The zero-order valence-corrected chi connectivity index (χ0v) is 15.4. The van der Waals surface area contributed by atoms with Crippen molar-refractivity contribution in [1.29, 1.82) is 5.26 Å². The molecular weight excluding hydrogens is 353 g/mol. The fourth-order valence-corrected chi connectivity index (χ4v) is 3.26. The van der Waals surface area contributed by atoms with E-state index in [2.05, 4.69) is 16.7 Å². The molecule has 0 aliphatic carbocycles. The predicted molar refractivity (Wildman–Crippen MR) is 107 cm³/mol. The second-order valence-corrected chi connectivity index (χ2v) is 6.96. The van der Waals surface area contributed by atoms with Gasteiger partial charge in [0.15, 0.2) is 5.11 Å². The van der Waals surface area contributed by atoms with Gasteiger partial charge in [0, 0.05) is 18.0 Å². The minimum atomic E-state index is -0.196. The molecule has 0 bridgehead atoms. The molecule has 0 heterocycles. The smallest absolute Gasteiger partial charge is 0.170 e. The van der Waals surface area contributed by atoms with Gasteiger partial charge < -0.3 is 10.6 Å². The molecule has 25 heavy (non-hydrogen) atoms. The monoisotopic (exact) mass is 373 g/mol. The van der Waals surface area contributed by atoms with Gasteiger partial charge >= 0.3 is 0 Å². The minimum absolute atomic E-state index is 0.196. The van der Waals surface area contributed by atoms with Crippen LogP contribution < -0.4 is 10.6 Å². The molecule has 0 aromatic heterocycles. The average molecular weight is 374 g/mol. The summed E-state index contributed by atoms with van der Waals surface area (Å²) in [5, 5.41) is 15.6. The van der Waals surface area contributed by atoms with Crippen molar-refractivity contribution >= 4 is 34.8 Å². The molecule has 6 heteroatoms. The molecular formula is C19H20FN3S2. The molecule has 0 saturated heterocycles. The number of nitriles is 1. The van der Waals surface area contributed by atoms with Crippen LogP contribution in [0.5, 0.6) is 0 Å². The number of benzene rings is 2. The maximum absolute atomic E-state index is 12.8. The number of anilines is 1. The Balaban J connectivity index is 1.57. The Morgan fingerprint density at radius 2 is 1.76 bits per heavy atom. The predicted octanol–water partition coefficient (Wildman–Crippen LogP) is 4.50. The van der Waals surface area contributed by atoms with Crippen LogP contribution >= 0.6 is 24.0 Å². The van der Waals surface area contributed by atoms with E-state index < -0.39 is 0 Å². The first-order chi connectivity index (χ1) is 12.2. The van der Waals surface area contributed by atoms with Crippen LogP contribution in [-0.2, 0) is 12.2 Å². The lowest BCUT2D eigenvalue weighted by Crippen LogP contribution is -2.29. The SMILES string of the molecule is N#CCc1ccc(NC(=S)NCCCSCc2ccc(F)cc2)cc1. The second kappa shape index (κ2) is 10.7. The van der Waals surface area contributed by atoms with Crippen LogP contribution in [0.1, 0.15) is 17.5 Å². The fourth-order valence-electron chi connectivity index (χ4n) is 2.12. The second-order valence-electron chi connectivity index (χ2n) is 5.45. The third-order valence-corrected chi connectivity index (χ3v) is 4.79. The lowest BCUT2D eigenvalue weighted by molar-refractivity contribution is 0.627. The third kappa shape index (κ3) is 7.55. The summed E-state index contributed by atoms with van der Waals surface area (Å²) in [6.07, 6.45) is 1.41. The summed E-state index contributed by atoms with van der Waals surface area (Å²) < 4.78 is 12.8. The van der Waals surface area contributed by atoms with Gasteiger partial charge in [-0.25, -0.2) is 4.39 Å². The minimum Gasteiger partial charge on any atom is -0.362 e. The van der Waals surface area contributed by atoms with Crippen molar-refractivity contribution < 1.29 is 4.39 Å². The van der Waals surface area contributed by atoms with Crippen molar-refractivity contribution in [2.45, 2.75) is 18.6 Å². The molecule has 0 aliphatic rings. The summed E-state index contributed by atoms with van der Waals surface area (Å²) in [7, 11) is 0. The highest BCUT2D eigenvalue weighted by Gasteiger charge is 1.99. The van der Waals surface area contributed by atoms with Gasteiger partial charge in [0.25, 0.3) is 0 Å². The molecule has 0 amide bonds. The Kier molecular flexibility index (Phi) is 8.23. The van der Waals surface area contributed by atoms with Crippen LogP contribution in [0.4, 0.5) is 10.1 Å². The van der Waals surface area contributed by atoms with Gasteiger partial charge in [-0.1, -0.05) is 24.3 Å². The lowest BCUT2D eigenvalue weighted by Gasteiger charge is -2.10. The first-order valence-corrected chi connectivity index (χ1v) is 9.56. The molecule has 2 aromatic rings. The number of nitrogens with zero attached hydrogens (tertiary/aromatic N) is 1. The number of hydrogen-bond acceptors (Lipinski definition) is 3. The highest BCUT2D eigenvalue weighted by atomic mass is 32.2. The number of hydrogen-bond donors (Lipinski definition) is 2. The summed E-state index contributed by atoms with van der Waals surface area (Å²) >= 11 is 7.09. The van der Waals surface area contributed by atoms with Crippen molar-refractivity contribution in [3.63, 3.8) is 0 Å². The number of thiocarbonyl (C=S) groups is 1. The van der Waals surface area contributed by atoms with Crippen LogP contribution in [0.25, 0.3) is 0 Å².